The van der Waals surface area contributed by atoms with Crippen LogP contribution in [0.3, 0.4) is 0 Å². The Bertz CT molecular complexity index is 1040. The van der Waals surface area contributed by atoms with E-state index in [9.17, 15) is 9.90 Å². The van der Waals surface area contributed by atoms with Gasteiger partial charge in [-0.3, -0.25) is 4.79 Å². The number of rotatable bonds is 3. The van der Waals surface area contributed by atoms with E-state index in [1.54, 1.807) is 0 Å². The number of anilines is 1. The quantitative estimate of drug-likeness (QED) is 0.469. The number of phenols is 1. The number of hydrogen-bond acceptors (Lipinski definition) is 3. The Balaban J connectivity index is 2.16. The molecule has 1 atom stereocenters. The van der Waals surface area contributed by atoms with Gasteiger partial charge in [0.25, 0.3) is 5.91 Å². The van der Waals surface area contributed by atoms with Crippen molar-refractivity contribution in [3.05, 3.63) is 70.4 Å². The average Bonchev–Trinajstić information content (AvgIpc) is 2.66. The van der Waals surface area contributed by atoms with Gasteiger partial charge in [0.2, 0.25) is 0 Å². The number of phenolic OH excluding ortho intramolecular Hbond substituents is 1. The van der Waals surface area contributed by atoms with E-state index < -0.39 is 6.04 Å². The molecule has 0 saturated carbocycles. The Hall–Kier alpha value is -2.86. The highest BCUT2D eigenvalue weighted by atomic mass is 32.1. The van der Waals surface area contributed by atoms with Gasteiger partial charge in [-0.2, -0.15) is 0 Å². The molecule has 1 amide bonds. The fourth-order valence-corrected chi connectivity index (χ4v) is 4.20. The summed E-state index contributed by atoms with van der Waals surface area (Å²) in [5.74, 6) is 0.102. The maximum atomic E-state index is 13.4. The molecule has 4 N–H and O–H groups in total. The second kappa shape index (κ2) is 8.58. The Morgan fingerprint density at radius 1 is 1.00 bits per heavy atom. The molecule has 170 valence electrons. The minimum absolute atomic E-state index is 0.205. The molecular weight excluding hydrogens is 418 g/mol. The van der Waals surface area contributed by atoms with E-state index >= 15 is 0 Å². The summed E-state index contributed by atoms with van der Waals surface area (Å²) in [5, 5.41) is 20.9. The molecule has 1 aliphatic heterocycles. The van der Waals surface area contributed by atoms with Crippen LogP contribution in [0, 0.1) is 0 Å². The molecule has 32 heavy (non-hydrogen) atoms. The summed E-state index contributed by atoms with van der Waals surface area (Å²) in [7, 11) is 0. The number of hydrogen-bond donors (Lipinski definition) is 4. The lowest BCUT2D eigenvalue weighted by atomic mass is 9.77. The number of amides is 1. The van der Waals surface area contributed by atoms with Crippen LogP contribution in [0.1, 0.15) is 71.2 Å². The molecule has 0 spiro atoms. The maximum absolute atomic E-state index is 13.4. The van der Waals surface area contributed by atoms with Crippen molar-refractivity contribution in [1.29, 1.82) is 0 Å². The molecule has 0 bridgehead atoms. The van der Waals surface area contributed by atoms with Crippen LogP contribution in [-0.4, -0.2) is 16.1 Å². The number of para-hydroxylation sites is 1. The van der Waals surface area contributed by atoms with E-state index in [0.29, 0.717) is 22.1 Å². The number of allylic oxidation sites excluding steroid dienone is 1. The van der Waals surface area contributed by atoms with Crippen molar-refractivity contribution < 1.29 is 9.90 Å². The van der Waals surface area contributed by atoms with E-state index in [1.165, 1.54) is 0 Å². The summed E-state index contributed by atoms with van der Waals surface area (Å²) in [4.78, 5) is 13.4. The highest BCUT2D eigenvalue weighted by Crippen LogP contribution is 2.42. The molecular formula is C26H33N3O2S. The van der Waals surface area contributed by atoms with Gasteiger partial charge in [-0.15, -0.1) is 0 Å². The summed E-state index contributed by atoms with van der Waals surface area (Å²) >= 11 is 5.43. The van der Waals surface area contributed by atoms with Crippen molar-refractivity contribution in [2.45, 2.75) is 65.3 Å². The van der Waals surface area contributed by atoms with Crippen molar-refractivity contribution in [2.75, 3.05) is 5.32 Å². The minimum Gasteiger partial charge on any atom is -0.507 e. The van der Waals surface area contributed by atoms with Gasteiger partial charge in [0.1, 0.15) is 5.75 Å². The zero-order valence-electron chi connectivity index (χ0n) is 19.9. The second-order valence-electron chi connectivity index (χ2n) is 10.4. The molecule has 0 unspecified atom stereocenters. The predicted molar refractivity (Wildman–Crippen MR) is 135 cm³/mol. The van der Waals surface area contributed by atoms with Crippen LogP contribution < -0.4 is 16.0 Å². The number of carbonyl (C=O) groups excluding carboxylic acids is 1. The number of carbonyl (C=O) groups is 1. The molecule has 6 heteroatoms. The van der Waals surface area contributed by atoms with Crippen LogP contribution in [0.15, 0.2) is 53.7 Å². The van der Waals surface area contributed by atoms with Crippen LogP contribution in [0.2, 0.25) is 0 Å². The molecule has 1 heterocycles. The number of thiocarbonyl (C=S) groups is 1. The van der Waals surface area contributed by atoms with Gasteiger partial charge in [-0.05, 0) is 70.9 Å². The lowest BCUT2D eigenvalue weighted by molar-refractivity contribution is -0.113. The zero-order chi connectivity index (χ0) is 23.8. The molecule has 1 aliphatic rings. The van der Waals surface area contributed by atoms with Gasteiger partial charge in [-0.25, -0.2) is 0 Å². The van der Waals surface area contributed by atoms with E-state index in [0.717, 1.165) is 22.4 Å². The van der Waals surface area contributed by atoms with Crippen molar-refractivity contribution in [3.8, 4) is 5.75 Å². The van der Waals surface area contributed by atoms with Gasteiger partial charge in [0.15, 0.2) is 5.11 Å². The molecule has 0 radical (unpaired) electrons. The van der Waals surface area contributed by atoms with Crippen LogP contribution in [-0.2, 0) is 15.6 Å². The molecule has 0 saturated heterocycles. The fourth-order valence-electron chi connectivity index (χ4n) is 3.93. The van der Waals surface area contributed by atoms with Crippen LogP contribution >= 0.6 is 12.2 Å². The topological polar surface area (TPSA) is 73.4 Å². The molecule has 0 fully saturated rings. The van der Waals surface area contributed by atoms with E-state index in [4.69, 9.17) is 12.2 Å². The predicted octanol–water partition coefficient (Wildman–Crippen LogP) is 5.42. The summed E-state index contributed by atoms with van der Waals surface area (Å²) in [5.41, 5.74) is 4.00. The first-order chi connectivity index (χ1) is 14.8. The van der Waals surface area contributed by atoms with Gasteiger partial charge in [0, 0.05) is 11.4 Å². The van der Waals surface area contributed by atoms with Crippen LogP contribution in [0.4, 0.5) is 5.69 Å². The SMILES string of the molecule is CC1=C(C(=O)Nc2ccccc2)[C@@H](c2cc(C(C)(C)C)c(O)c(C(C)(C)C)c2)NC(=S)N1. The highest BCUT2D eigenvalue weighted by Gasteiger charge is 2.33. The largest absolute Gasteiger partial charge is 0.507 e. The standard InChI is InChI=1S/C26H33N3O2S/c1-15-20(23(31)28-17-11-9-8-10-12-17)21(29-24(32)27-15)16-13-18(25(2,3)4)22(30)19(14-16)26(5,6)7/h8-14,21,30H,1-7H3,(H,28,31)(H2,27,29,32)/t21-/m1/s1. The van der Waals surface area contributed by atoms with Gasteiger partial charge < -0.3 is 21.1 Å². The van der Waals surface area contributed by atoms with Crippen molar-refractivity contribution in [1.82, 2.24) is 10.6 Å². The van der Waals surface area contributed by atoms with E-state index in [1.807, 2.05) is 49.4 Å². The average molecular weight is 452 g/mol. The fraction of sp³-hybridized carbons (Fsp3) is 0.385. The molecule has 2 aromatic carbocycles. The maximum Gasteiger partial charge on any atom is 0.255 e. The lowest BCUT2D eigenvalue weighted by Crippen LogP contribution is -2.46. The molecule has 0 aromatic heterocycles. The molecule has 5 nitrogen and oxygen atoms in total. The lowest BCUT2D eigenvalue weighted by Gasteiger charge is -2.33. The third-order valence-corrected chi connectivity index (χ3v) is 5.85. The summed E-state index contributed by atoms with van der Waals surface area (Å²) in [6.45, 7) is 14.3. The summed E-state index contributed by atoms with van der Waals surface area (Å²) in [6, 6.07) is 12.9. The van der Waals surface area contributed by atoms with Crippen LogP contribution in [0.5, 0.6) is 5.75 Å². The number of aromatic hydroxyl groups is 1. The Kier molecular flexibility index (Phi) is 6.38. The molecule has 3 rings (SSSR count). The summed E-state index contributed by atoms with van der Waals surface area (Å²) < 4.78 is 0. The third kappa shape index (κ3) is 4.96. The minimum atomic E-state index is -0.449. The number of benzene rings is 2. The first kappa shape index (κ1) is 23.8. The first-order valence-electron chi connectivity index (χ1n) is 10.8. The van der Waals surface area contributed by atoms with E-state index in [-0.39, 0.29) is 16.7 Å². The normalized spacial score (nSPS) is 17.0. The Morgan fingerprint density at radius 3 is 2.03 bits per heavy atom. The third-order valence-electron chi connectivity index (χ3n) is 5.63. The van der Waals surface area contributed by atoms with Gasteiger partial charge in [-0.1, -0.05) is 59.7 Å². The van der Waals surface area contributed by atoms with Crippen LogP contribution in [0.25, 0.3) is 0 Å². The van der Waals surface area contributed by atoms with Crippen molar-refractivity contribution in [3.63, 3.8) is 0 Å². The second-order valence-corrected chi connectivity index (χ2v) is 10.8. The van der Waals surface area contributed by atoms with Crippen molar-refractivity contribution >= 4 is 28.9 Å². The zero-order valence-corrected chi connectivity index (χ0v) is 20.7. The highest BCUT2D eigenvalue weighted by molar-refractivity contribution is 7.80. The van der Waals surface area contributed by atoms with Gasteiger partial charge in [0.05, 0.1) is 11.6 Å². The van der Waals surface area contributed by atoms with Gasteiger partial charge >= 0.3 is 0 Å². The molecule has 0 aliphatic carbocycles. The van der Waals surface area contributed by atoms with Crippen molar-refractivity contribution in [2.24, 2.45) is 0 Å². The smallest absolute Gasteiger partial charge is 0.255 e. The molecule has 2 aromatic rings. The first-order valence-corrected chi connectivity index (χ1v) is 11.2. The van der Waals surface area contributed by atoms with E-state index in [2.05, 4.69) is 57.5 Å². The Labute approximate surface area is 196 Å². The number of nitrogens with one attached hydrogen (secondary N) is 3. The summed E-state index contributed by atoms with van der Waals surface area (Å²) in [6.07, 6.45) is 0. The Morgan fingerprint density at radius 2 is 1.53 bits per heavy atom. The monoisotopic (exact) mass is 451 g/mol.